The molecule has 0 spiro atoms. The van der Waals surface area contributed by atoms with Gasteiger partial charge >= 0.3 is 5.97 Å². The van der Waals surface area contributed by atoms with Gasteiger partial charge in [0.05, 0.1) is 16.8 Å². The van der Waals surface area contributed by atoms with Crippen LogP contribution in [0.1, 0.15) is 31.2 Å². The molecule has 9 heteroatoms. The van der Waals surface area contributed by atoms with Gasteiger partial charge in [0.15, 0.2) is 5.69 Å². The summed E-state index contributed by atoms with van der Waals surface area (Å²) in [6, 6.07) is 13.1. The molecule has 0 saturated carbocycles. The third kappa shape index (κ3) is 2.84. The highest BCUT2D eigenvalue weighted by Crippen LogP contribution is 2.23. The van der Waals surface area contributed by atoms with Crippen LogP contribution >= 0.6 is 0 Å². The second kappa shape index (κ2) is 6.54. The fourth-order valence-corrected chi connectivity index (χ4v) is 2.67. The van der Waals surface area contributed by atoms with Crippen LogP contribution in [-0.4, -0.2) is 32.6 Å². The van der Waals surface area contributed by atoms with E-state index in [-0.39, 0.29) is 22.5 Å². The van der Waals surface area contributed by atoms with Crippen LogP contribution in [-0.2, 0) is 4.84 Å². The van der Waals surface area contributed by atoms with Crippen LogP contribution in [0, 0.1) is 5.82 Å². The molecule has 3 aromatic rings. The van der Waals surface area contributed by atoms with Crippen molar-refractivity contribution in [2.45, 2.75) is 0 Å². The number of hydrogen-bond acceptors (Lipinski definition) is 6. The van der Waals surface area contributed by atoms with Crippen LogP contribution in [0.15, 0.2) is 65.5 Å². The van der Waals surface area contributed by atoms with E-state index in [9.17, 15) is 23.6 Å². The number of carbonyl (C=O) groups is 3. The maximum Gasteiger partial charge on any atom is 0.383 e. The fourth-order valence-electron chi connectivity index (χ4n) is 2.67. The molecule has 8 nitrogen and oxygen atoms in total. The van der Waals surface area contributed by atoms with Gasteiger partial charge in [0.1, 0.15) is 5.82 Å². The molecule has 4 rings (SSSR count). The van der Waals surface area contributed by atoms with Gasteiger partial charge in [-0.15, -0.1) is 0 Å². The van der Waals surface area contributed by atoms with Crippen molar-refractivity contribution < 1.29 is 23.6 Å². The standard InChI is InChI=1S/C19H10FN3O5/c20-11-5-7-12(8-6-11)22-16(24)10-9-15(21-22)19(27)28-23-17(25)13-3-1-2-4-14(13)18(23)26/h1-10H. The Balaban J connectivity index is 1.62. The van der Waals surface area contributed by atoms with Crippen molar-refractivity contribution in [2.75, 3.05) is 0 Å². The van der Waals surface area contributed by atoms with Crippen molar-refractivity contribution in [2.24, 2.45) is 0 Å². The molecule has 0 atom stereocenters. The Hall–Kier alpha value is -4.14. The van der Waals surface area contributed by atoms with Crippen molar-refractivity contribution >= 4 is 17.8 Å². The molecule has 0 N–H and O–H groups in total. The van der Waals surface area contributed by atoms with Crippen LogP contribution < -0.4 is 5.56 Å². The molecule has 2 amide bonds. The molecule has 2 aromatic carbocycles. The number of nitrogens with zero attached hydrogens (tertiary/aromatic N) is 3. The molecular weight excluding hydrogens is 369 g/mol. The lowest BCUT2D eigenvalue weighted by Gasteiger charge is -2.12. The van der Waals surface area contributed by atoms with Crippen molar-refractivity contribution in [3.8, 4) is 5.69 Å². The molecule has 0 fully saturated rings. The minimum absolute atomic E-state index is 0.115. The van der Waals surface area contributed by atoms with Gasteiger partial charge in [0, 0.05) is 6.07 Å². The molecular formula is C19H10FN3O5. The first-order valence-electron chi connectivity index (χ1n) is 8.02. The third-order valence-corrected chi connectivity index (χ3v) is 4.01. The van der Waals surface area contributed by atoms with Gasteiger partial charge in [0.2, 0.25) is 0 Å². The number of aromatic nitrogens is 2. The third-order valence-electron chi connectivity index (χ3n) is 4.01. The lowest BCUT2D eigenvalue weighted by molar-refractivity contribution is -0.0589. The smallest absolute Gasteiger partial charge is 0.322 e. The van der Waals surface area contributed by atoms with Crippen molar-refractivity contribution in [3.63, 3.8) is 0 Å². The minimum Gasteiger partial charge on any atom is -0.322 e. The molecule has 138 valence electrons. The Kier molecular flexibility index (Phi) is 4.04. The monoisotopic (exact) mass is 379 g/mol. The molecule has 1 aliphatic heterocycles. The first kappa shape index (κ1) is 17.3. The Morgan fingerprint density at radius 3 is 2.07 bits per heavy atom. The van der Waals surface area contributed by atoms with Gasteiger partial charge in [-0.2, -0.15) is 9.78 Å². The van der Waals surface area contributed by atoms with E-state index < -0.39 is 29.2 Å². The quantitative estimate of drug-likeness (QED) is 0.643. The van der Waals surface area contributed by atoms with E-state index in [1.807, 2.05) is 0 Å². The Labute approximate surface area is 156 Å². The number of amides is 2. The highest BCUT2D eigenvalue weighted by molar-refractivity contribution is 6.21. The summed E-state index contributed by atoms with van der Waals surface area (Å²) in [5.41, 5.74) is -0.430. The van der Waals surface area contributed by atoms with Crippen LogP contribution in [0.3, 0.4) is 0 Å². The van der Waals surface area contributed by atoms with E-state index in [1.54, 1.807) is 12.1 Å². The summed E-state index contributed by atoms with van der Waals surface area (Å²) in [4.78, 5) is 53.8. The molecule has 1 aromatic heterocycles. The maximum absolute atomic E-state index is 13.1. The number of imide groups is 1. The van der Waals surface area contributed by atoms with E-state index in [1.165, 1.54) is 24.3 Å². The molecule has 0 bridgehead atoms. The van der Waals surface area contributed by atoms with Crippen molar-refractivity contribution in [1.82, 2.24) is 14.8 Å². The number of benzene rings is 2. The molecule has 0 radical (unpaired) electrons. The SMILES string of the molecule is O=C(ON1C(=O)c2ccccc2C1=O)c1ccc(=O)n(-c2ccc(F)cc2)n1. The van der Waals surface area contributed by atoms with Gasteiger partial charge in [-0.25, -0.2) is 9.18 Å². The summed E-state index contributed by atoms with van der Waals surface area (Å²) in [5, 5.41) is 4.22. The van der Waals surface area contributed by atoms with Crippen LogP contribution in [0.25, 0.3) is 5.69 Å². The number of hydrogen-bond donors (Lipinski definition) is 0. The molecule has 0 aliphatic carbocycles. The Morgan fingerprint density at radius 1 is 0.857 bits per heavy atom. The van der Waals surface area contributed by atoms with Gasteiger partial charge in [0.25, 0.3) is 17.4 Å². The number of carbonyl (C=O) groups excluding carboxylic acids is 3. The summed E-state index contributed by atoms with van der Waals surface area (Å²) in [7, 11) is 0. The van der Waals surface area contributed by atoms with Crippen LogP contribution in [0.2, 0.25) is 0 Å². The van der Waals surface area contributed by atoms with E-state index in [0.29, 0.717) is 5.06 Å². The summed E-state index contributed by atoms with van der Waals surface area (Å²) in [6.07, 6.45) is 0. The first-order valence-corrected chi connectivity index (χ1v) is 8.02. The average Bonchev–Trinajstić information content (AvgIpc) is 2.94. The lowest BCUT2D eigenvalue weighted by atomic mass is 10.1. The normalized spacial score (nSPS) is 12.8. The maximum atomic E-state index is 13.1. The number of hydroxylamine groups is 2. The number of rotatable bonds is 3. The average molecular weight is 379 g/mol. The second-order valence-corrected chi connectivity index (χ2v) is 5.77. The molecule has 0 unspecified atom stereocenters. The predicted molar refractivity (Wildman–Crippen MR) is 92.1 cm³/mol. The predicted octanol–water partition coefficient (Wildman–Crippen LogP) is 1.74. The van der Waals surface area contributed by atoms with E-state index in [4.69, 9.17) is 4.84 Å². The summed E-state index contributed by atoms with van der Waals surface area (Å²) >= 11 is 0. The number of halogens is 1. The van der Waals surface area contributed by atoms with Crippen molar-refractivity contribution in [1.29, 1.82) is 0 Å². The second-order valence-electron chi connectivity index (χ2n) is 5.77. The molecule has 0 saturated heterocycles. The topological polar surface area (TPSA) is 98.6 Å². The zero-order chi connectivity index (χ0) is 19.8. The van der Waals surface area contributed by atoms with Crippen molar-refractivity contribution in [3.05, 3.63) is 93.7 Å². The fraction of sp³-hybridized carbons (Fsp3) is 0. The summed E-state index contributed by atoms with van der Waals surface area (Å²) < 4.78 is 13.9. The molecule has 1 aliphatic rings. The van der Waals surface area contributed by atoms with Gasteiger partial charge < -0.3 is 4.84 Å². The zero-order valence-electron chi connectivity index (χ0n) is 14.0. The largest absolute Gasteiger partial charge is 0.383 e. The summed E-state index contributed by atoms with van der Waals surface area (Å²) in [6.45, 7) is 0. The zero-order valence-corrected chi connectivity index (χ0v) is 14.0. The van der Waals surface area contributed by atoms with E-state index in [0.717, 1.165) is 28.9 Å². The number of fused-ring (bicyclic) bond motifs is 1. The van der Waals surface area contributed by atoms with Gasteiger partial charge in [-0.1, -0.05) is 17.2 Å². The highest BCUT2D eigenvalue weighted by Gasteiger charge is 2.39. The van der Waals surface area contributed by atoms with Crippen LogP contribution in [0.4, 0.5) is 4.39 Å². The lowest BCUT2D eigenvalue weighted by Crippen LogP contribution is -2.33. The minimum atomic E-state index is -1.11. The summed E-state index contributed by atoms with van der Waals surface area (Å²) in [5.74, 6) is -3.16. The first-order chi connectivity index (χ1) is 13.5. The Morgan fingerprint density at radius 2 is 1.46 bits per heavy atom. The highest BCUT2D eigenvalue weighted by atomic mass is 19.1. The molecule has 2 heterocycles. The van der Waals surface area contributed by atoms with E-state index >= 15 is 0 Å². The molecule has 28 heavy (non-hydrogen) atoms. The van der Waals surface area contributed by atoms with Gasteiger partial charge in [-0.3, -0.25) is 14.4 Å². The van der Waals surface area contributed by atoms with Gasteiger partial charge in [-0.05, 0) is 42.5 Å². The van der Waals surface area contributed by atoms with Crippen LogP contribution in [0.5, 0.6) is 0 Å². The van der Waals surface area contributed by atoms with E-state index in [2.05, 4.69) is 5.10 Å². The Bertz CT molecular complexity index is 1150.